The molecule has 13 heavy (non-hydrogen) atoms. The zero-order chi connectivity index (χ0) is 10.1. The van der Waals surface area contributed by atoms with Crippen molar-refractivity contribution in [3.8, 4) is 0 Å². The Hall–Kier alpha value is -0.170. The van der Waals surface area contributed by atoms with Gasteiger partial charge in [-0.05, 0) is 6.92 Å². The van der Waals surface area contributed by atoms with E-state index in [4.69, 9.17) is 0 Å². The molecule has 6 heteroatoms. The first-order valence-corrected chi connectivity index (χ1v) is 5.90. The maximum Gasteiger partial charge on any atom is 0.214 e. The van der Waals surface area contributed by atoms with Crippen LogP contribution in [0.3, 0.4) is 0 Å². The zero-order valence-electron chi connectivity index (χ0n) is 7.55. The Balaban J connectivity index is 2.71. The molecule has 1 rings (SSSR count). The van der Waals surface area contributed by atoms with Gasteiger partial charge >= 0.3 is 0 Å². The second-order valence-electron chi connectivity index (χ2n) is 3.26. The first-order chi connectivity index (χ1) is 5.95. The Kier molecular flexibility index (Phi) is 3.28. The van der Waals surface area contributed by atoms with Gasteiger partial charge in [-0.15, -0.1) is 0 Å². The van der Waals surface area contributed by atoms with E-state index in [0.717, 1.165) is 4.31 Å². The molecule has 0 bridgehead atoms. The third kappa shape index (κ3) is 2.63. The van der Waals surface area contributed by atoms with Gasteiger partial charge in [0.05, 0.1) is 18.0 Å². The topological polar surface area (TPSA) is 77.8 Å². The van der Waals surface area contributed by atoms with Crippen LogP contribution in [-0.4, -0.2) is 54.0 Å². The van der Waals surface area contributed by atoms with Crippen molar-refractivity contribution in [2.75, 3.05) is 18.8 Å². The summed E-state index contributed by atoms with van der Waals surface area (Å²) in [5, 5.41) is 18.5. The average molecular weight is 209 g/mol. The van der Waals surface area contributed by atoms with E-state index in [0.29, 0.717) is 0 Å². The highest BCUT2D eigenvalue weighted by Gasteiger charge is 2.30. The SMILES string of the molecule is CCS(=O)(=O)N1C[C@H](O)C[C@H](O)C1. The Morgan fingerprint density at radius 2 is 1.77 bits per heavy atom. The largest absolute Gasteiger partial charge is 0.392 e. The van der Waals surface area contributed by atoms with Crippen molar-refractivity contribution in [1.29, 1.82) is 0 Å². The van der Waals surface area contributed by atoms with Crippen LogP contribution in [0.15, 0.2) is 0 Å². The number of nitrogens with zero attached hydrogens (tertiary/aromatic N) is 1. The molecule has 0 aromatic heterocycles. The Labute approximate surface area is 78.0 Å². The number of β-amino-alcohol motifs (C(OH)–C–C–N with tert-alkyl or cyclic N) is 2. The monoisotopic (exact) mass is 209 g/mol. The average Bonchev–Trinajstić information content (AvgIpc) is 2.02. The van der Waals surface area contributed by atoms with E-state index < -0.39 is 22.2 Å². The first-order valence-electron chi connectivity index (χ1n) is 4.29. The molecule has 2 N–H and O–H groups in total. The molecule has 0 aromatic rings. The highest BCUT2D eigenvalue weighted by molar-refractivity contribution is 7.89. The molecule has 1 aliphatic rings. The highest BCUT2D eigenvalue weighted by Crippen LogP contribution is 2.14. The van der Waals surface area contributed by atoms with Gasteiger partial charge < -0.3 is 10.2 Å². The fourth-order valence-electron chi connectivity index (χ4n) is 1.42. The van der Waals surface area contributed by atoms with Crippen molar-refractivity contribution >= 4 is 10.0 Å². The lowest BCUT2D eigenvalue weighted by Crippen LogP contribution is -2.48. The summed E-state index contributed by atoms with van der Waals surface area (Å²) in [5.74, 6) is 0.00639. The smallest absolute Gasteiger partial charge is 0.214 e. The molecule has 0 aromatic carbocycles. The highest BCUT2D eigenvalue weighted by atomic mass is 32.2. The Morgan fingerprint density at radius 3 is 2.15 bits per heavy atom. The number of aliphatic hydroxyl groups excluding tert-OH is 2. The second-order valence-corrected chi connectivity index (χ2v) is 5.52. The van der Waals surface area contributed by atoms with Crippen LogP contribution in [0.2, 0.25) is 0 Å². The minimum Gasteiger partial charge on any atom is -0.392 e. The molecule has 0 radical (unpaired) electrons. The van der Waals surface area contributed by atoms with Crippen LogP contribution in [0.25, 0.3) is 0 Å². The van der Waals surface area contributed by atoms with Gasteiger partial charge in [0.2, 0.25) is 10.0 Å². The molecule has 1 aliphatic heterocycles. The molecule has 0 spiro atoms. The summed E-state index contributed by atoms with van der Waals surface area (Å²) in [6, 6.07) is 0. The van der Waals surface area contributed by atoms with Gasteiger partial charge in [0, 0.05) is 19.5 Å². The number of hydrogen-bond acceptors (Lipinski definition) is 4. The van der Waals surface area contributed by atoms with E-state index in [-0.39, 0.29) is 25.3 Å². The number of rotatable bonds is 2. The van der Waals surface area contributed by atoms with E-state index in [1.165, 1.54) is 0 Å². The summed E-state index contributed by atoms with van der Waals surface area (Å²) in [4.78, 5) is 0. The molecule has 5 nitrogen and oxygen atoms in total. The van der Waals surface area contributed by atoms with Crippen molar-refractivity contribution in [2.24, 2.45) is 0 Å². The fourth-order valence-corrected chi connectivity index (χ4v) is 2.58. The van der Waals surface area contributed by atoms with Gasteiger partial charge in [-0.2, -0.15) is 4.31 Å². The predicted octanol–water partition coefficient (Wildman–Crippen LogP) is -1.24. The summed E-state index contributed by atoms with van der Waals surface area (Å²) in [6.07, 6.45) is -1.23. The molecule has 0 aliphatic carbocycles. The molecule has 1 fully saturated rings. The summed E-state index contributed by atoms with van der Waals surface area (Å²) in [6.45, 7) is 1.75. The maximum absolute atomic E-state index is 11.3. The van der Waals surface area contributed by atoms with E-state index >= 15 is 0 Å². The van der Waals surface area contributed by atoms with Gasteiger partial charge in [0.1, 0.15) is 0 Å². The molecule has 1 saturated heterocycles. The van der Waals surface area contributed by atoms with Crippen molar-refractivity contribution < 1.29 is 18.6 Å². The van der Waals surface area contributed by atoms with Crippen LogP contribution in [0.4, 0.5) is 0 Å². The molecule has 0 unspecified atom stereocenters. The van der Waals surface area contributed by atoms with Crippen molar-refractivity contribution in [2.45, 2.75) is 25.6 Å². The van der Waals surface area contributed by atoms with Crippen LogP contribution < -0.4 is 0 Å². The zero-order valence-corrected chi connectivity index (χ0v) is 8.37. The molecule has 0 amide bonds. The van der Waals surface area contributed by atoms with E-state index in [9.17, 15) is 18.6 Å². The van der Waals surface area contributed by atoms with Crippen LogP contribution in [0.5, 0.6) is 0 Å². The summed E-state index contributed by atoms with van der Waals surface area (Å²) in [7, 11) is -3.27. The minimum absolute atomic E-state index is 0.00639. The van der Waals surface area contributed by atoms with Crippen LogP contribution in [-0.2, 0) is 10.0 Å². The Morgan fingerprint density at radius 1 is 1.31 bits per heavy atom. The van der Waals surface area contributed by atoms with E-state index in [2.05, 4.69) is 0 Å². The molecular weight excluding hydrogens is 194 g/mol. The molecule has 78 valence electrons. The molecule has 1 heterocycles. The van der Waals surface area contributed by atoms with Crippen molar-refractivity contribution in [3.05, 3.63) is 0 Å². The second kappa shape index (κ2) is 3.91. The van der Waals surface area contributed by atoms with Crippen molar-refractivity contribution in [3.63, 3.8) is 0 Å². The predicted molar refractivity (Wildman–Crippen MR) is 47.7 cm³/mol. The van der Waals surface area contributed by atoms with Crippen LogP contribution in [0, 0.1) is 0 Å². The minimum atomic E-state index is -3.27. The lowest BCUT2D eigenvalue weighted by Gasteiger charge is -2.32. The number of aliphatic hydroxyl groups is 2. The number of hydrogen-bond donors (Lipinski definition) is 2. The standard InChI is InChI=1S/C7H15NO4S/c1-2-13(11,12)8-4-6(9)3-7(10)5-8/h6-7,9-10H,2-5H2,1H3/t6-,7+. The summed E-state index contributed by atoms with van der Waals surface area (Å²) >= 11 is 0. The van der Waals surface area contributed by atoms with E-state index in [1.807, 2.05) is 0 Å². The quantitative estimate of drug-likeness (QED) is 0.596. The van der Waals surface area contributed by atoms with Crippen molar-refractivity contribution in [1.82, 2.24) is 4.31 Å². The molecule has 2 atom stereocenters. The summed E-state index contributed by atoms with van der Waals surface area (Å²) in [5.41, 5.74) is 0. The van der Waals surface area contributed by atoms with Gasteiger partial charge in [-0.1, -0.05) is 0 Å². The van der Waals surface area contributed by atoms with Gasteiger partial charge in [0.15, 0.2) is 0 Å². The summed E-state index contributed by atoms with van der Waals surface area (Å²) < 4.78 is 23.8. The lowest BCUT2D eigenvalue weighted by molar-refractivity contribution is 0.0214. The van der Waals surface area contributed by atoms with Gasteiger partial charge in [-0.25, -0.2) is 8.42 Å². The third-order valence-corrected chi connectivity index (χ3v) is 3.95. The maximum atomic E-state index is 11.3. The molecule has 0 saturated carbocycles. The first kappa shape index (κ1) is 10.9. The Bertz CT molecular complexity index is 254. The fraction of sp³-hybridized carbons (Fsp3) is 1.00. The number of piperidine rings is 1. The van der Waals surface area contributed by atoms with E-state index in [1.54, 1.807) is 6.92 Å². The normalized spacial score (nSPS) is 31.9. The van der Waals surface area contributed by atoms with Crippen LogP contribution in [0.1, 0.15) is 13.3 Å². The van der Waals surface area contributed by atoms with Crippen LogP contribution >= 0.6 is 0 Å². The molecular formula is C7H15NO4S. The third-order valence-electron chi connectivity index (χ3n) is 2.13. The lowest BCUT2D eigenvalue weighted by atomic mass is 10.1. The van der Waals surface area contributed by atoms with Gasteiger partial charge in [-0.3, -0.25) is 0 Å². The number of sulfonamides is 1. The van der Waals surface area contributed by atoms with Gasteiger partial charge in [0.25, 0.3) is 0 Å².